The summed E-state index contributed by atoms with van der Waals surface area (Å²) in [6.45, 7) is 8.41. The predicted octanol–water partition coefficient (Wildman–Crippen LogP) is 4.42. The third-order valence-electron chi connectivity index (χ3n) is 5.60. The van der Waals surface area contributed by atoms with Crippen LogP contribution in [-0.4, -0.2) is 37.9 Å². The van der Waals surface area contributed by atoms with E-state index in [2.05, 4.69) is 64.3 Å². The highest BCUT2D eigenvalue weighted by Crippen LogP contribution is 2.36. The second kappa shape index (κ2) is 7.94. The molecule has 1 aliphatic rings. The van der Waals surface area contributed by atoms with Crippen LogP contribution in [0.15, 0.2) is 42.9 Å². The lowest BCUT2D eigenvalue weighted by Crippen LogP contribution is -2.19. The van der Waals surface area contributed by atoms with E-state index in [1.807, 2.05) is 23.0 Å². The van der Waals surface area contributed by atoms with Gasteiger partial charge in [-0.25, -0.2) is 9.97 Å². The third kappa shape index (κ3) is 3.58. The zero-order chi connectivity index (χ0) is 21.4. The summed E-state index contributed by atoms with van der Waals surface area (Å²) in [6.07, 6.45) is 3.40. The van der Waals surface area contributed by atoms with Gasteiger partial charge in [0.2, 0.25) is 0 Å². The van der Waals surface area contributed by atoms with Crippen LogP contribution in [0.25, 0.3) is 22.4 Å². The third-order valence-corrected chi connectivity index (χ3v) is 5.60. The molecule has 8 heteroatoms. The van der Waals surface area contributed by atoms with Crippen LogP contribution in [0.1, 0.15) is 32.4 Å². The van der Waals surface area contributed by atoms with Crippen molar-refractivity contribution < 1.29 is 9.47 Å². The van der Waals surface area contributed by atoms with Crippen LogP contribution in [0.4, 0.5) is 5.82 Å². The summed E-state index contributed by atoms with van der Waals surface area (Å²) >= 11 is 0. The van der Waals surface area contributed by atoms with Gasteiger partial charge in [-0.3, -0.25) is 4.68 Å². The fraction of sp³-hybridized carbons (Fsp3) is 0.348. The maximum absolute atomic E-state index is 5.79. The SMILES string of the molecule is CCn1nccc1-c1cc2c(N[C@@H](c3ccc4c(c3)OCCO4)C(C)C)ncnc2[nH]1. The van der Waals surface area contributed by atoms with E-state index < -0.39 is 0 Å². The molecule has 0 fully saturated rings. The van der Waals surface area contributed by atoms with Crippen molar-refractivity contribution in [1.29, 1.82) is 0 Å². The molecule has 0 unspecified atom stereocenters. The Balaban J connectivity index is 1.51. The molecule has 4 aromatic rings. The number of aromatic amines is 1. The van der Waals surface area contributed by atoms with E-state index in [4.69, 9.17) is 9.47 Å². The van der Waals surface area contributed by atoms with E-state index in [0.717, 1.165) is 51.8 Å². The molecule has 0 spiro atoms. The molecule has 0 amide bonds. The first-order valence-corrected chi connectivity index (χ1v) is 10.7. The number of benzene rings is 1. The molecule has 0 radical (unpaired) electrons. The number of H-pyrrole nitrogens is 1. The van der Waals surface area contributed by atoms with Gasteiger partial charge in [-0.15, -0.1) is 0 Å². The molecule has 0 aliphatic carbocycles. The lowest BCUT2D eigenvalue weighted by atomic mass is 9.95. The first-order valence-electron chi connectivity index (χ1n) is 10.7. The molecule has 8 nitrogen and oxygen atoms in total. The Hall–Kier alpha value is -3.55. The first-order chi connectivity index (χ1) is 15.1. The Morgan fingerprint density at radius 3 is 2.74 bits per heavy atom. The number of nitrogens with zero attached hydrogens (tertiary/aromatic N) is 4. The van der Waals surface area contributed by atoms with Gasteiger partial charge in [0.25, 0.3) is 0 Å². The van der Waals surface area contributed by atoms with Gasteiger partial charge in [0.15, 0.2) is 11.5 Å². The number of nitrogens with one attached hydrogen (secondary N) is 2. The summed E-state index contributed by atoms with van der Waals surface area (Å²) in [7, 11) is 0. The summed E-state index contributed by atoms with van der Waals surface area (Å²) in [6, 6.07) is 10.3. The minimum atomic E-state index is 0.0495. The van der Waals surface area contributed by atoms with Gasteiger partial charge >= 0.3 is 0 Å². The van der Waals surface area contributed by atoms with Crippen LogP contribution in [0.2, 0.25) is 0 Å². The summed E-state index contributed by atoms with van der Waals surface area (Å²) in [5.41, 5.74) is 3.92. The Morgan fingerprint density at radius 2 is 1.94 bits per heavy atom. The molecule has 1 aliphatic heterocycles. The Bertz CT molecular complexity index is 1210. The lowest BCUT2D eigenvalue weighted by molar-refractivity contribution is 0.171. The quantitative estimate of drug-likeness (QED) is 0.482. The lowest BCUT2D eigenvalue weighted by Gasteiger charge is -2.26. The molecule has 4 heterocycles. The Morgan fingerprint density at radius 1 is 1.10 bits per heavy atom. The zero-order valence-electron chi connectivity index (χ0n) is 17.9. The number of anilines is 1. The Labute approximate surface area is 180 Å². The summed E-state index contributed by atoms with van der Waals surface area (Å²) in [5.74, 6) is 2.71. The number of fused-ring (bicyclic) bond motifs is 2. The van der Waals surface area contributed by atoms with Crippen LogP contribution >= 0.6 is 0 Å². The molecule has 5 rings (SSSR count). The number of hydrogen-bond acceptors (Lipinski definition) is 6. The zero-order valence-corrected chi connectivity index (χ0v) is 17.9. The van der Waals surface area contributed by atoms with Gasteiger partial charge in [0.1, 0.15) is 31.0 Å². The molecule has 3 aromatic heterocycles. The van der Waals surface area contributed by atoms with Crippen LogP contribution in [0, 0.1) is 5.92 Å². The van der Waals surface area contributed by atoms with E-state index in [1.54, 1.807) is 6.33 Å². The largest absolute Gasteiger partial charge is 0.486 e. The highest BCUT2D eigenvalue weighted by Gasteiger charge is 2.22. The molecule has 0 saturated heterocycles. The molecule has 0 saturated carbocycles. The van der Waals surface area contributed by atoms with Crippen molar-refractivity contribution in [3.05, 3.63) is 48.4 Å². The van der Waals surface area contributed by atoms with Gasteiger partial charge in [-0.05, 0) is 42.7 Å². The summed E-state index contributed by atoms with van der Waals surface area (Å²) < 4.78 is 13.4. The highest BCUT2D eigenvalue weighted by molar-refractivity contribution is 5.91. The summed E-state index contributed by atoms with van der Waals surface area (Å²) in [4.78, 5) is 12.4. The fourth-order valence-corrected chi connectivity index (χ4v) is 4.04. The van der Waals surface area contributed by atoms with E-state index in [1.165, 1.54) is 0 Å². The molecule has 0 bridgehead atoms. The average Bonchev–Trinajstić information content (AvgIpc) is 3.43. The van der Waals surface area contributed by atoms with Gasteiger partial charge in [0.05, 0.1) is 22.8 Å². The minimum absolute atomic E-state index is 0.0495. The minimum Gasteiger partial charge on any atom is -0.486 e. The number of aromatic nitrogens is 5. The molecular weight excluding hydrogens is 392 g/mol. The maximum atomic E-state index is 5.79. The van der Waals surface area contributed by atoms with E-state index >= 15 is 0 Å². The number of aryl methyl sites for hydroxylation is 1. The van der Waals surface area contributed by atoms with E-state index in [0.29, 0.717) is 19.1 Å². The normalized spacial score (nSPS) is 14.2. The molecule has 1 aromatic carbocycles. The smallest absolute Gasteiger partial charge is 0.161 e. The van der Waals surface area contributed by atoms with Crippen LogP contribution < -0.4 is 14.8 Å². The fourth-order valence-electron chi connectivity index (χ4n) is 4.04. The molecular formula is C23H26N6O2. The average molecular weight is 419 g/mol. The van der Waals surface area contributed by atoms with Crippen LogP contribution in [0.5, 0.6) is 11.5 Å². The van der Waals surface area contributed by atoms with Crippen molar-refractivity contribution >= 4 is 16.9 Å². The van der Waals surface area contributed by atoms with Crippen molar-refractivity contribution in [2.75, 3.05) is 18.5 Å². The molecule has 1 atom stereocenters. The molecule has 31 heavy (non-hydrogen) atoms. The van der Waals surface area contributed by atoms with Gasteiger partial charge in [0, 0.05) is 12.7 Å². The Kier molecular flexibility index (Phi) is 4.97. The van der Waals surface area contributed by atoms with E-state index in [9.17, 15) is 0 Å². The maximum Gasteiger partial charge on any atom is 0.161 e. The monoisotopic (exact) mass is 418 g/mol. The van der Waals surface area contributed by atoms with Gasteiger partial charge in [-0.1, -0.05) is 19.9 Å². The number of rotatable bonds is 6. The number of ether oxygens (including phenoxy) is 2. The van der Waals surface area contributed by atoms with Crippen LogP contribution in [-0.2, 0) is 6.54 Å². The van der Waals surface area contributed by atoms with Crippen molar-refractivity contribution in [3.8, 4) is 22.9 Å². The van der Waals surface area contributed by atoms with Crippen molar-refractivity contribution in [2.45, 2.75) is 33.4 Å². The standard InChI is InChI=1S/C23H26N6O2/c1-4-29-18(7-8-26-29)17-12-16-22(27-17)24-13-25-23(16)28-21(14(2)3)15-5-6-19-20(11-15)31-10-9-30-19/h5-8,11-14,21H,4,9-10H2,1-3H3,(H2,24,25,27,28)/t21-/m1/s1. The predicted molar refractivity (Wildman–Crippen MR) is 119 cm³/mol. The van der Waals surface area contributed by atoms with E-state index in [-0.39, 0.29) is 6.04 Å². The first kappa shape index (κ1) is 19.4. The number of hydrogen-bond donors (Lipinski definition) is 2. The topological polar surface area (TPSA) is 89.9 Å². The second-order valence-corrected chi connectivity index (χ2v) is 7.97. The van der Waals surface area contributed by atoms with Crippen molar-refractivity contribution in [2.24, 2.45) is 5.92 Å². The molecule has 2 N–H and O–H groups in total. The van der Waals surface area contributed by atoms with Crippen molar-refractivity contribution in [3.63, 3.8) is 0 Å². The summed E-state index contributed by atoms with van der Waals surface area (Å²) in [5, 5.41) is 8.96. The van der Waals surface area contributed by atoms with Crippen LogP contribution in [0.3, 0.4) is 0 Å². The van der Waals surface area contributed by atoms with Gasteiger partial charge in [-0.2, -0.15) is 5.10 Å². The highest BCUT2D eigenvalue weighted by atomic mass is 16.6. The van der Waals surface area contributed by atoms with Gasteiger partial charge < -0.3 is 19.8 Å². The molecule has 160 valence electrons. The van der Waals surface area contributed by atoms with Crippen molar-refractivity contribution in [1.82, 2.24) is 24.7 Å². The second-order valence-electron chi connectivity index (χ2n) is 7.97.